The van der Waals surface area contributed by atoms with E-state index in [-0.39, 0.29) is 11.7 Å². The standard InChI is InChI=1S/C24H32Cl2N4O2/c1-24(2)11-15(7-8-32-24)12-27-17-9-20(23(26)29-13-17)19-10-22(28-14-21(19)25)30-16-3-5-18(31)6-4-16/h9-10,13-16,18,27,31H,3-8,11-12H2,1-2H3,(H,28,30)/t15?,16-,18-. The molecule has 2 aromatic heterocycles. The molecule has 1 saturated carbocycles. The monoisotopic (exact) mass is 478 g/mol. The van der Waals surface area contributed by atoms with E-state index < -0.39 is 0 Å². The van der Waals surface area contributed by atoms with Crippen LogP contribution in [0.2, 0.25) is 10.2 Å². The van der Waals surface area contributed by atoms with Crippen LogP contribution in [0.3, 0.4) is 0 Å². The summed E-state index contributed by atoms with van der Waals surface area (Å²) < 4.78 is 5.83. The average Bonchev–Trinajstić information content (AvgIpc) is 2.75. The topological polar surface area (TPSA) is 79.3 Å². The molecule has 0 aromatic carbocycles. The first kappa shape index (κ1) is 23.6. The van der Waals surface area contributed by atoms with E-state index in [4.69, 9.17) is 27.9 Å². The summed E-state index contributed by atoms with van der Waals surface area (Å²) in [6, 6.07) is 4.23. The van der Waals surface area contributed by atoms with E-state index in [2.05, 4.69) is 34.4 Å². The zero-order valence-corrected chi connectivity index (χ0v) is 20.2. The minimum Gasteiger partial charge on any atom is -0.393 e. The van der Waals surface area contributed by atoms with Crippen molar-refractivity contribution in [2.45, 2.75) is 70.1 Å². The van der Waals surface area contributed by atoms with Gasteiger partial charge in [-0.3, -0.25) is 0 Å². The maximum absolute atomic E-state index is 9.74. The van der Waals surface area contributed by atoms with E-state index in [1.54, 1.807) is 12.4 Å². The molecule has 0 amide bonds. The van der Waals surface area contributed by atoms with Crippen molar-refractivity contribution in [1.82, 2.24) is 9.97 Å². The zero-order chi connectivity index (χ0) is 22.7. The van der Waals surface area contributed by atoms with E-state index in [0.717, 1.165) is 74.3 Å². The predicted molar refractivity (Wildman–Crippen MR) is 131 cm³/mol. The molecular formula is C24H32Cl2N4O2. The molecule has 4 rings (SSSR count). The number of anilines is 2. The summed E-state index contributed by atoms with van der Waals surface area (Å²) in [7, 11) is 0. The number of aromatic nitrogens is 2. The Labute approximate surface area is 200 Å². The van der Waals surface area contributed by atoms with Gasteiger partial charge < -0.3 is 20.5 Å². The highest BCUT2D eigenvalue weighted by atomic mass is 35.5. The third-order valence-electron chi connectivity index (χ3n) is 6.43. The van der Waals surface area contributed by atoms with Crippen molar-refractivity contribution in [2.75, 3.05) is 23.8 Å². The fraction of sp³-hybridized carbons (Fsp3) is 0.583. The van der Waals surface area contributed by atoms with Gasteiger partial charge in [-0.05, 0) is 70.4 Å². The third kappa shape index (κ3) is 6.04. The summed E-state index contributed by atoms with van der Waals surface area (Å²) >= 11 is 13.0. The maximum atomic E-state index is 9.74. The molecule has 2 aliphatic rings. The van der Waals surface area contributed by atoms with Gasteiger partial charge in [0.1, 0.15) is 11.0 Å². The Hall–Kier alpha value is -1.60. The highest BCUT2D eigenvalue weighted by molar-refractivity contribution is 6.36. The van der Waals surface area contributed by atoms with Crippen LogP contribution in [-0.4, -0.2) is 46.0 Å². The van der Waals surface area contributed by atoms with E-state index >= 15 is 0 Å². The van der Waals surface area contributed by atoms with Crippen LogP contribution in [0.4, 0.5) is 11.5 Å². The number of hydrogen-bond donors (Lipinski definition) is 3. The number of aliphatic hydroxyl groups is 1. The second-order valence-corrected chi connectivity index (χ2v) is 10.4. The fourth-order valence-corrected chi connectivity index (χ4v) is 5.09. The number of nitrogens with zero attached hydrogens (tertiary/aromatic N) is 2. The van der Waals surface area contributed by atoms with Crippen LogP contribution in [0.25, 0.3) is 11.1 Å². The molecule has 1 saturated heterocycles. The lowest BCUT2D eigenvalue weighted by atomic mass is 9.88. The Morgan fingerprint density at radius 1 is 1.06 bits per heavy atom. The summed E-state index contributed by atoms with van der Waals surface area (Å²) in [6.07, 6.45) is 8.77. The van der Waals surface area contributed by atoms with Crippen molar-refractivity contribution in [2.24, 2.45) is 5.92 Å². The van der Waals surface area contributed by atoms with Crippen LogP contribution in [0.15, 0.2) is 24.5 Å². The normalized spacial score (nSPS) is 25.3. The van der Waals surface area contributed by atoms with Crippen LogP contribution in [0.1, 0.15) is 52.4 Å². The number of nitrogens with one attached hydrogen (secondary N) is 2. The third-order valence-corrected chi connectivity index (χ3v) is 7.03. The Balaban J connectivity index is 1.48. The molecule has 1 aliphatic heterocycles. The summed E-state index contributed by atoms with van der Waals surface area (Å²) in [5.74, 6) is 1.30. The van der Waals surface area contributed by atoms with Crippen LogP contribution in [0, 0.1) is 5.92 Å². The molecule has 0 spiro atoms. The smallest absolute Gasteiger partial charge is 0.137 e. The quantitative estimate of drug-likeness (QED) is 0.456. The molecule has 2 aromatic rings. The second kappa shape index (κ2) is 10.1. The van der Waals surface area contributed by atoms with Gasteiger partial charge in [-0.15, -0.1) is 0 Å². The molecule has 1 unspecified atom stereocenters. The van der Waals surface area contributed by atoms with Gasteiger partial charge in [0.15, 0.2) is 0 Å². The van der Waals surface area contributed by atoms with Crippen LogP contribution < -0.4 is 10.6 Å². The van der Waals surface area contributed by atoms with Crippen LogP contribution >= 0.6 is 23.2 Å². The number of hydrogen-bond acceptors (Lipinski definition) is 6. The van der Waals surface area contributed by atoms with Gasteiger partial charge >= 0.3 is 0 Å². The van der Waals surface area contributed by atoms with E-state index in [1.165, 1.54) is 0 Å². The Morgan fingerprint density at radius 3 is 2.59 bits per heavy atom. The molecule has 0 bridgehead atoms. The molecule has 8 heteroatoms. The summed E-state index contributed by atoms with van der Waals surface area (Å²) in [6.45, 7) is 5.95. The lowest BCUT2D eigenvalue weighted by Crippen LogP contribution is -2.36. The number of aliphatic hydroxyl groups excluding tert-OH is 1. The molecule has 2 fully saturated rings. The molecule has 3 N–H and O–H groups in total. The first-order valence-corrected chi connectivity index (χ1v) is 12.2. The van der Waals surface area contributed by atoms with E-state index in [9.17, 15) is 5.11 Å². The summed E-state index contributed by atoms with van der Waals surface area (Å²) in [5, 5.41) is 17.7. The number of halogens is 2. The van der Waals surface area contributed by atoms with E-state index in [0.29, 0.717) is 22.1 Å². The van der Waals surface area contributed by atoms with Crippen molar-refractivity contribution < 1.29 is 9.84 Å². The molecule has 1 atom stereocenters. The molecule has 32 heavy (non-hydrogen) atoms. The van der Waals surface area contributed by atoms with Crippen molar-refractivity contribution in [3.05, 3.63) is 34.7 Å². The minimum atomic E-state index is -0.186. The average molecular weight is 479 g/mol. The van der Waals surface area contributed by atoms with Gasteiger partial charge in [0.25, 0.3) is 0 Å². The number of rotatable bonds is 6. The van der Waals surface area contributed by atoms with Crippen molar-refractivity contribution in [3.8, 4) is 11.1 Å². The van der Waals surface area contributed by atoms with Gasteiger partial charge in [0.2, 0.25) is 0 Å². The number of ether oxygens (including phenoxy) is 1. The molecule has 0 radical (unpaired) electrons. The second-order valence-electron chi connectivity index (χ2n) is 9.61. The Kier molecular flexibility index (Phi) is 7.45. The Morgan fingerprint density at radius 2 is 1.84 bits per heavy atom. The zero-order valence-electron chi connectivity index (χ0n) is 18.7. The maximum Gasteiger partial charge on any atom is 0.137 e. The number of pyridine rings is 2. The van der Waals surface area contributed by atoms with Crippen LogP contribution in [-0.2, 0) is 4.74 Å². The van der Waals surface area contributed by atoms with Gasteiger partial charge in [-0.25, -0.2) is 9.97 Å². The summed E-state index contributed by atoms with van der Waals surface area (Å²) in [4.78, 5) is 8.84. The largest absolute Gasteiger partial charge is 0.393 e. The lowest BCUT2D eigenvalue weighted by molar-refractivity contribution is -0.0699. The first-order chi connectivity index (χ1) is 15.3. The van der Waals surface area contributed by atoms with Gasteiger partial charge in [-0.2, -0.15) is 0 Å². The van der Waals surface area contributed by atoms with Gasteiger partial charge in [0.05, 0.1) is 28.6 Å². The molecular weight excluding hydrogens is 447 g/mol. The van der Waals surface area contributed by atoms with Gasteiger partial charge in [-0.1, -0.05) is 23.2 Å². The Bertz CT molecular complexity index is 932. The van der Waals surface area contributed by atoms with Crippen molar-refractivity contribution in [1.29, 1.82) is 0 Å². The summed E-state index contributed by atoms with van der Waals surface area (Å²) in [5.41, 5.74) is 2.42. The first-order valence-electron chi connectivity index (χ1n) is 11.4. The predicted octanol–water partition coefficient (Wildman–Crippen LogP) is 5.78. The van der Waals surface area contributed by atoms with Crippen LogP contribution in [0.5, 0.6) is 0 Å². The minimum absolute atomic E-state index is 0.0710. The molecule has 6 nitrogen and oxygen atoms in total. The lowest BCUT2D eigenvalue weighted by Gasteiger charge is -2.35. The fourth-order valence-electron chi connectivity index (χ4n) is 4.68. The highest BCUT2D eigenvalue weighted by Gasteiger charge is 2.28. The highest BCUT2D eigenvalue weighted by Crippen LogP contribution is 2.36. The van der Waals surface area contributed by atoms with Crippen molar-refractivity contribution >= 4 is 34.7 Å². The molecule has 3 heterocycles. The van der Waals surface area contributed by atoms with Crippen molar-refractivity contribution in [3.63, 3.8) is 0 Å². The SMILES string of the molecule is CC1(C)CC(CNc2cnc(Cl)c(-c3cc(N[C@H]4CC[C@H](O)CC4)ncc3Cl)c2)CCO1. The van der Waals surface area contributed by atoms with E-state index in [1.807, 2.05) is 12.1 Å². The molecule has 1 aliphatic carbocycles. The van der Waals surface area contributed by atoms with Gasteiger partial charge in [0, 0.05) is 36.5 Å². The molecule has 174 valence electrons.